The number of primary amides is 1. The average molecular weight is 397 g/mol. The summed E-state index contributed by atoms with van der Waals surface area (Å²) in [4.78, 5) is 20.2. The highest BCUT2D eigenvalue weighted by atomic mass is 35.5. The van der Waals surface area contributed by atoms with Gasteiger partial charge < -0.3 is 14.9 Å². The van der Waals surface area contributed by atoms with Crippen molar-refractivity contribution in [1.82, 2.24) is 14.4 Å². The number of pyridine rings is 1. The molecule has 1 aromatic carbocycles. The molecule has 1 unspecified atom stereocenters. The van der Waals surface area contributed by atoms with Gasteiger partial charge in [-0.2, -0.15) is 0 Å². The first-order chi connectivity index (χ1) is 13.5. The number of oxazole rings is 1. The number of amides is 1. The minimum Gasteiger partial charge on any atom is -0.456 e. The first-order valence-electron chi connectivity index (χ1n) is 8.64. The topological polar surface area (TPSA) is 95.7 Å². The number of hydrogen-bond donors (Lipinski definition) is 1. The van der Waals surface area contributed by atoms with Crippen molar-refractivity contribution < 1.29 is 13.9 Å². The Morgan fingerprint density at radius 3 is 2.86 bits per heavy atom. The molecule has 0 saturated heterocycles. The van der Waals surface area contributed by atoms with E-state index < -0.39 is 12.0 Å². The molecular formula is C20H17ClN4O3. The Labute approximate surface area is 165 Å². The molecule has 3 heterocycles. The van der Waals surface area contributed by atoms with Crippen molar-refractivity contribution in [2.24, 2.45) is 5.73 Å². The predicted octanol–water partition coefficient (Wildman–Crippen LogP) is 3.81. The summed E-state index contributed by atoms with van der Waals surface area (Å²) in [5.41, 5.74) is 7.87. The van der Waals surface area contributed by atoms with E-state index in [4.69, 9.17) is 26.5 Å². The largest absolute Gasteiger partial charge is 0.456 e. The van der Waals surface area contributed by atoms with Crippen molar-refractivity contribution in [1.29, 1.82) is 0 Å². The molecule has 28 heavy (non-hydrogen) atoms. The summed E-state index contributed by atoms with van der Waals surface area (Å²) < 4.78 is 13.6. The third kappa shape index (κ3) is 3.44. The highest BCUT2D eigenvalue weighted by Crippen LogP contribution is 2.33. The van der Waals surface area contributed by atoms with Crippen LogP contribution < -0.4 is 10.5 Å². The van der Waals surface area contributed by atoms with Gasteiger partial charge in [0.2, 0.25) is 11.8 Å². The third-order valence-corrected chi connectivity index (χ3v) is 4.61. The predicted molar refractivity (Wildman–Crippen MR) is 104 cm³/mol. The zero-order chi connectivity index (χ0) is 19.7. The molecule has 0 radical (unpaired) electrons. The average Bonchev–Trinajstić information content (AvgIpc) is 3.25. The van der Waals surface area contributed by atoms with Gasteiger partial charge in [-0.25, -0.2) is 9.97 Å². The second-order valence-electron chi connectivity index (χ2n) is 6.25. The van der Waals surface area contributed by atoms with Crippen molar-refractivity contribution in [3.05, 3.63) is 71.1 Å². The Morgan fingerprint density at radius 2 is 2.07 bits per heavy atom. The molecule has 0 aliphatic rings. The monoisotopic (exact) mass is 396 g/mol. The lowest BCUT2D eigenvalue weighted by molar-refractivity contribution is -0.117. The quantitative estimate of drug-likeness (QED) is 0.534. The molecule has 2 N–H and O–H groups in total. The van der Waals surface area contributed by atoms with E-state index in [1.165, 1.54) is 0 Å². The Kier molecular flexibility index (Phi) is 4.75. The number of nitrogens with zero attached hydrogens (tertiary/aromatic N) is 3. The van der Waals surface area contributed by atoms with E-state index in [1.807, 2.05) is 53.9 Å². The number of benzene rings is 1. The van der Waals surface area contributed by atoms with Crippen LogP contribution in [0.4, 0.5) is 0 Å². The molecule has 4 aromatic rings. The summed E-state index contributed by atoms with van der Waals surface area (Å²) in [6.45, 7) is 1.84. The second kappa shape index (κ2) is 7.36. The number of halogens is 1. The maximum atomic E-state index is 11.5. The number of hydrogen-bond acceptors (Lipinski definition) is 5. The van der Waals surface area contributed by atoms with Crippen molar-refractivity contribution in [3.63, 3.8) is 0 Å². The van der Waals surface area contributed by atoms with Crippen LogP contribution in [0.1, 0.15) is 24.3 Å². The van der Waals surface area contributed by atoms with Gasteiger partial charge >= 0.3 is 5.95 Å². The lowest BCUT2D eigenvalue weighted by atomic mass is 10.1. The molecule has 0 bridgehead atoms. The van der Waals surface area contributed by atoms with E-state index in [1.54, 1.807) is 12.3 Å². The van der Waals surface area contributed by atoms with Gasteiger partial charge in [0.1, 0.15) is 23.1 Å². The van der Waals surface area contributed by atoms with E-state index >= 15 is 0 Å². The van der Waals surface area contributed by atoms with E-state index in [0.29, 0.717) is 16.4 Å². The molecule has 3 aromatic heterocycles. The Balaban J connectivity index is 1.72. The number of imidazole rings is 1. The highest BCUT2D eigenvalue weighted by Gasteiger charge is 2.23. The van der Waals surface area contributed by atoms with Gasteiger partial charge in [0, 0.05) is 16.8 Å². The van der Waals surface area contributed by atoms with Crippen molar-refractivity contribution in [3.8, 4) is 17.5 Å². The molecular weight excluding hydrogens is 380 g/mol. The summed E-state index contributed by atoms with van der Waals surface area (Å²) in [6, 6.07) is 13.0. The molecule has 142 valence electrons. The first kappa shape index (κ1) is 18.1. The minimum absolute atomic E-state index is 0.106. The van der Waals surface area contributed by atoms with Crippen LogP contribution in [0.5, 0.6) is 5.95 Å². The third-order valence-electron chi connectivity index (χ3n) is 4.27. The lowest BCUT2D eigenvalue weighted by Gasteiger charge is -2.14. The Morgan fingerprint density at radius 1 is 1.29 bits per heavy atom. The molecule has 1 amide bonds. The van der Waals surface area contributed by atoms with Gasteiger partial charge in [-0.05, 0) is 25.1 Å². The second-order valence-corrected chi connectivity index (χ2v) is 6.66. The minimum atomic E-state index is -0.534. The molecule has 0 fully saturated rings. The molecule has 0 spiro atoms. The van der Waals surface area contributed by atoms with Crippen molar-refractivity contribution in [2.45, 2.75) is 19.4 Å². The number of ether oxygens (including phenoxy) is 1. The molecule has 1 atom stereocenters. The molecule has 8 heteroatoms. The van der Waals surface area contributed by atoms with E-state index in [9.17, 15) is 4.79 Å². The molecule has 0 saturated carbocycles. The fraction of sp³-hybridized carbons (Fsp3) is 0.150. The Bertz CT molecular complexity index is 1150. The Hall–Kier alpha value is -3.32. The molecule has 7 nitrogen and oxygen atoms in total. The summed E-state index contributed by atoms with van der Waals surface area (Å²) in [5, 5.41) is 0.577. The van der Waals surface area contributed by atoms with Crippen molar-refractivity contribution >= 4 is 23.2 Å². The van der Waals surface area contributed by atoms with E-state index in [-0.39, 0.29) is 18.3 Å². The van der Waals surface area contributed by atoms with Gasteiger partial charge in [-0.15, -0.1) is 0 Å². The molecule has 0 aliphatic carbocycles. The van der Waals surface area contributed by atoms with Gasteiger partial charge in [0.05, 0.1) is 12.6 Å². The fourth-order valence-electron chi connectivity index (χ4n) is 2.94. The summed E-state index contributed by atoms with van der Waals surface area (Å²) in [7, 11) is 0. The fourth-order valence-corrected chi connectivity index (χ4v) is 3.23. The number of nitrogens with two attached hydrogens (primary N) is 1. The van der Waals surface area contributed by atoms with Crippen LogP contribution in [0.15, 0.2) is 59.3 Å². The summed E-state index contributed by atoms with van der Waals surface area (Å²) in [5.74, 6) is -0.114. The summed E-state index contributed by atoms with van der Waals surface area (Å²) in [6.07, 6.45) is 2.98. The van der Waals surface area contributed by atoms with E-state index in [0.717, 1.165) is 11.2 Å². The summed E-state index contributed by atoms with van der Waals surface area (Å²) >= 11 is 6.25. The molecule has 0 aliphatic heterocycles. The van der Waals surface area contributed by atoms with Crippen LogP contribution in [-0.2, 0) is 11.2 Å². The molecule has 4 rings (SSSR count). The zero-order valence-electron chi connectivity index (χ0n) is 15.0. The van der Waals surface area contributed by atoms with Crippen LogP contribution in [0.25, 0.3) is 17.2 Å². The van der Waals surface area contributed by atoms with Crippen LogP contribution in [0, 0.1) is 0 Å². The lowest BCUT2D eigenvalue weighted by Crippen LogP contribution is -2.15. The van der Waals surface area contributed by atoms with Gasteiger partial charge in [-0.3, -0.25) is 9.20 Å². The number of fused-ring (bicyclic) bond motifs is 1. The van der Waals surface area contributed by atoms with Crippen molar-refractivity contribution in [2.75, 3.05) is 0 Å². The van der Waals surface area contributed by atoms with Crippen LogP contribution in [0.2, 0.25) is 5.02 Å². The number of carbonyl (C=O) groups is 1. The first-order valence-corrected chi connectivity index (χ1v) is 9.02. The van der Waals surface area contributed by atoms with Crippen LogP contribution in [0.3, 0.4) is 0 Å². The van der Waals surface area contributed by atoms with Crippen LogP contribution in [-0.4, -0.2) is 20.3 Å². The maximum absolute atomic E-state index is 11.5. The normalized spacial score (nSPS) is 12.2. The van der Waals surface area contributed by atoms with E-state index in [2.05, 4.69) is 9.97 Å². The van der Waals surface area contributed by atoms with Crippen LogP contribution >= 0.6 is 11.6 Å². The smallest absolute Gasteiger partial charge is 0.310 e. The number of carbonyl (C=O) groups excluding carboxylic acids is 1. The SMILES string of the molecule is CC(Oc1oc(-c2cnc3ccccn23)nc1CC(N)=O)c1ccccc1Cl. The van der Waals surface area contributed by atoms with Gasteiger partial charge in [0.25, 0.3) is 0 Å². The number of rotatable bonds is 6. The maximum Gasteiger partial charge on any atom is 0.310 e. The van der Waals surface area contributed by atoms with Gasteiger partial charge in [-0.1, -0.05) is 35.9 Å². The highest BCUT2D eigenvalue weighted by molar-refractivity contribution is 6.31. The number of aromatic nitrogens is 3. The van der Waals surface area contributed by atoms with Gasteiger partial charge in [0.15, 0.2) is 0 Å². The zero-order valence-corrected chi connectivity index (χ0v) is 15.8. The standard InChI is InChI=1S/C20H17ClN4O3/c1-12(13-6-2-3-7-14(13)21)27-20-15(10-17(22)26)24-19(28-20)16-11-23-18-8-4-5-9-25(16)18/h2-9,11-12H,10H2,1H3,(H2,22,26).